The maximum atomic E-state index is 12.8. The van der Waals surface area contributed by atoms with Gasteiger partial charge in [-0.1, -0.05) is 74.5 Å². The number of hydrogen-bond acceptors (Lipinski definition) is 12. The number of esters is 1. The minimum absolute atomic E-state index is 0.0653. The van der Waals surface area contributed by atoms with E-state index in [2.05, 4.69) is 48.7 Å². The number of benzene rings is 2. The predicted molar refractivity (Wildman–Crippen MR) is 245 cm³/mol. The lowest BCUT2D eigenvalue weighted by atomic mass is 9.90. The zero-order valence-electron chi connectivity index (χ0n) is 38.3. The second-order valence-corrected chi connectivity index (χ2v) is 16.7. The van der Waals surface area contributed by atoms with Crippen molar-refractivity contribution in [1.29, 1.82) is 0 Å². The van der Waals surface area contributed by atoms with E-state index in [0.717, 1.165) is 73.9 Å². The first-order valence-corrected chi connectivity index (χ1v) is 21.8. The maximum absolute atomic E-state index is 12.8. The molecule has 2 aromatic carbocycles. The summed E-state index contributed by atoms with van der Waals surface area (Å²) in [5.41, 5.74) is 11.2. The summed E-state index contributed by atoms with van der Waals surface area (Å²) in [4.78, 5) is 77.1. The number of ketones is 3. The van der Waals surface area contributed by atoms with Gasteiger partial charge in [-0.2, -0.15) is 5.10 Å². The van der Waals surface area contributed by atoms with Crippen LogP contribution in [-0.4, -0.2) is 102 Å². The highest BCUT2D eigenvalue weighted by Gasteiger charge is 2.32. The number of H-pyrrole nitrogens is 2. The third-order valence-corrected chi connectivity index (χ3v) is 11.5. The van der Waals surface area contributed by atoms with Crippen LogP contribution >= 0.6 is 0 Å². The zero-order valence-corrected chi connectivity index (χ0v) is 38.3. The van der Waals surface area contributed by atoms with E-state index in [4.69, 9.17) is 15.6 Å². The molecule has 0 spiro atoms. The molecule has 16 nitrogen and oxygen atoms in total. The number of nitrogen functional groups attached to an aromatic ring is 1. The highest BCUT2D eigenvalue weighted by Crippen LogP contribution is 2.35. The van der Waals surface area contributed by atoms with Gasteiger partial charge in [0.05, 0.1) is 43.2 Å². The van der Waals surface area contributed by atoms with Crippen LogP contribution < -0.4 is 11.3 Å². The number of nitrogens with two attached hydrogens (primary N) is 1. The molecule has 16 heteroatoms. The number of carboxylic acid groups (broad SMARTS) is 1. The lowest BCUT2D eigenvalue weighted by Gasteiger charge is -2.37. The number of likely N-dealkylation sites (tertiary alicyclic amines) is 2. The fraction of sp³-hybridized carbons (Fsp3) is 0.458. The lowest BCUT2D eigenvalue weighted by molar-refractivity contribution is -0.150. The molecule has 5 unspecified atom stereocenters. The number of nitrogens with one attached hydrogen (secondary N) is 2. The van der Waals surface area contributed by atoms with Crippen LogP contribution in [0.25, 0.3) is 5.65 Å². The number of aryl methyl sites for hydroxylation is 1. The van der Waals surface area contributed by atoms with Crippen molar-refractivity contribution in [3.8, 4) is 0 Å². The van der Waals surface area contributed by atoms with Gasteiger partial charge in [0.1, 0.15) is 17.5 Å². The van der Waals surface area contributed by atoms with Crippen LogP contribution in [0, 0.1) is 31.6 Å². The number of rotatable bonds is 11. The van der Waals surface area contributed by atoms with Gasteiger partial charge < -0.3 is 15.6 Å². The van der Waals surface area contributed by atoms with Crippen LogP contribution in [0.5, 0.6) is 0 Å². The zero-order chi connectivity index (χ0) is 47.1. The first kappa shape index (κ1) is 50.4. The molecule has 64 heavy (non-hydrogen) atoms. The van der Waals surface area contributed by atoms with Crippen molar-refractivity contribution >= 4 is 40.8 Å². The van der Waals surface area contributed by atoms with Crippen molar-refractivity contribution in [3.63, 3.8) is 0 Å². The second kappa shape index (κ2) is 24.0. The number of aliphatic carboxylic acids is 1. The number of carbonyl (C=O) groups excluding carboxylic acids is 4. The Morgan fingerprint density at radius 3 is 1.75 bits per heavy atom. The average Bonchev–Trinajstić information content (AvgIpc) is 3.91. The molecule has 0 saturated carbocycles. The molecule has 2 saturated heterocycles. The minimum Gasteiger partial charge on any atom is -0.481 e. The number of aromatic nitrogens is 5. The fourth-order valence-electron chi connectivity index (χ4n) is 7.57. The van der Waals surface area contributed by atoms with E-state index < -0.39 is 17.9 Å². The van der Waals surface area contributed by atoms with Crippen LogP contribution in [0.2, 0.25) is 0 Å². The Labute approximate surface area is 374 Å². The standard InChI is InChI=1S/C22H26N4O2.C17H22N4O.C7H12O3.C2H4O2/c1-14-9-10-25(13-20(27)17-7-5-4-6-8-17)19(11-14)18-12-21-23-16(3)15(2)22(28)26(21)24-18;1-12-7-8-21(11-16(22)13-5-3-2-4-6-13)15(9-12)14-10-17(18)20-19-14;1-4-10-7(9)5(2)6(3)8;1-2(3)4/h4-8,12,14,19,24H,9-11,13H2,1-3H3;2-6,10,12,15H,7-9,11H2,1H3,(H3,18,19,20);5H,4H2,1-3H3;1H3,(H,3,4). The SMILES string of the molecule is CC(=O)O.CC1CCN(CC(=O)c2ccccc2)C(c2cc(N)n[nH]2)C1.CCOC(=O)C(C)C(C)=O.Cc1nc2cc(C3CC(C)CCN3CC(=O)c3ccccc3)[nH]n2c(=O)c1C. The number of anilines is 1. The van der Waals surface area contributed by atoms with Crippen LogP contribution in [-0.2, 0) is 19.1 Å². The summed E-state index contributed by atoms with van der Waals surface area (Å²) >= 11 is 0. The summed E-state index contributed by atoms with van der Waals surface area (Å²) < 4.78 is 6.13. The van der Waals surface area contributed by atoms with E-state index in [-0.39, 0.29) is 35.0 Å². The van der Waals surface area contributed by atoms with Crippen LogP contribution in [0.15, 0.2) is 77.6 Å². The third kappa shape index (κ3) is 14.4. The Hall–Kier alpha value is -6.26. The van der Waals surface area contributed by atoms with Gasteiger partial charge in [-0.15, -0.1) is 0 Å². The molecule has 5 aromatic rings. The molecule has 7 rings (SSSR count). The molecule has 5 heterocycles. The molecule has 5 atom stereocenters. The van der Waals surface area contributed by atoms with Gasteiger partial charge in [0.15, 0.2) is 17.2 Å². The van der Waals surface area contributed by atoms with Gasteiger partial charge in [-0.25, -0.2) is 9.50 Å². The van der Waals surface area contributed by atoms with Gasteiger partial charge in [-0.05, 0) is 85.2 Å². The molecule has 2 aliphatic rings. The number of nitrogens with zero attached hydrogens (tertiary/aromatic N) is 5. The molecule has 0 radical (unpaired) electrons. The van der Waals surface area contributed by atoms with E-state index >= 15 is 0 Å². The normalized spacial score (nSPS) is 19.1. The fourth-order valence-corrected chi connectivity index (χ4v) is 7.57. The predicted octanol–water partition coefficient (Wildman–Crippen LogP) is 6.81. The van der Waals surface area contributed by atoms with E-state index in [1.54, 1.807) is 20.8 Å². The summed E-state index contributed by atoms with van der Waals surface area (Å²) in [5, 5.41) is 17.7. The van der Waals surface area contributed by atoms with E-state index in [0.29, 0.717) is 48.6 Å². The molecule has 0 aliphatic carbocycles. The topological polar surface area (TPSA) is 226 Å². The van der Waals surface area contributed by atoms with Crippen LogP contribution in [0.3, 0.4) is 0 Å². The number of piperidine rings is 2. The van der Waals surface area contributed by atoms with Gasteiger partial charge in [0.25, 0.3) is 11.5 Å². The lowest BCUT2D eigenvalue weighted by Crippen LogP contribution is -2.39. The smallest absolute Gasteiger partial charge is 0.316 e. The van der Waals surface area contributed by atoms with Gasteiger partial charge in [0.2, 0.25) is 0 Å². The van der Waals surface area contributed by atoms with E-state index in [1.165, 1.54) is 11.4 Å². The van der Waals surface area contributed by atoms with Crippen molar-refractivity contribution in [3.05, 3.63) is 117 Å². The Bertz CT molecular complexity index is 2390. The molecule has 0 bridgehead atoms. The maximum Gasteiger partial charge on any atom is 0.316 e. The quantitative estimate of drug-likeness (QED) is 0.0609. The number of Topliss-reactive ketones (excluding diaryl/α,β-unsaturated/α-hetero) is 3. The highest BCUT2D eigenvalue weighted by molar-refractivity contribution is 5.98. The summed E-state index contributed by atoms with van der Waals surface area (Å²) in [7, 11) is 0. The second-order valence-electron chi connectivity index (χ2n) is 16.7. The largest absolute Gasteiger partial charge is 0.481 e. The number of hydrogen-bond donors (Lipinski definition) is 4. The Kier molecular flexibility index (Phi) is 18.9. The highest BCUT2D eigenvalue weighted by atomic mass is 16.5. The van der Waals surface area contributed by atoms with Crippen molar-refractivity contribution in [1.82, 2.24) is 34.6 Å². The molecular formula is C48H64N8O8. The summed E-state index contributed by atoms with van der Waals surface area (Å²) in [5.74, 6) is -0.0490. The van der Waals surface area contributed by atoms with Crippen molar-refractivity contribution in [2.24, 2.45) is 17.8 Å². The van der Waals surface area contributed by atoms with Gasteiger partial charge >= 0.3 is 5.97 Å². The Morgan fingerprint density at radius 2 is 1.31 bits per heavy atom. The summed E-state index contributed by atoms with van der Waals surface area (Å²) in [6.07, 6.45) is 4.14. The Balaban J connectivity index is 0.000000221. The number of fused-ring (bicyclic) bond motifs is 1. The minimum atomic E-state index is -0.833. The molecule has 0 amide bonds. The number of aromatic amines is 2. The third-order valence-electron chi connectivity index (χ3n) is 11.5. The molecule has 3 aromatic heterocycles. The van der Waals surface area contributed by atoms with Gasteiger partial charge in [0, 0.05) is 41.4 Å². The number of carbonyl (C=O) groups is 5. The van der Waals surface area contributed by atoms with Gasteiger partial charge in [-0.3, -0.25) is 48.8 Å². The van der Waals surface area contributed by atoms with Crippen LogP contribution in [0.1, 0.15) is 123 Å². The average molecular weight is 881 g/mol. The summed E-state index contributed by atoms with van der Waals surface area (Å²) in [6, 6.07) is 23.0. The first-order valence-electron chi connectivity index (χ1n) is 21.8. The molecular weight excluding hydrogens is 817 g/mol. The van der Waals surface area contributed by atoms with Crippen molar-refractivity contribution in [2.45, 2.75) is 93.2 Å². The monoisotopic (exact) mass is 880 g/mol. The van der Waals surface area contributed by atoms with Crippen molar-refractivity contribution < 1.29 is 33.8 Å². The molecule has 344 valence electrons. The van der Waals surface area contributed by atoms with Crippen molar-refractivity contribution in [2.75, 3.05) is 38.5 Å². The Morgan fingerprint density at radius 1 is 0.828 bits per heavy atom. The molecule has 2 aliphatic heterocycles. The van der Waals surface area contributed by atoms with E-state index in [9.17, 15) is 24.0 Å². The summed E-state index contributed by atoms with van der Waals surface area (Å²) in [6.45, 7) is 16.8. The molecule has 5 N–H and O–H groups in total. The molecule has 2 fully saturated rings. The van der Waals surface area contributed by atoms with Crippen LogP contribution in [0.4, 0.5) is 5.82 Å². The first-order chi connectivity index (χ1) is 30.4. The van der Waals surface area contributed by atoms with E-state index in [1.807, 2.05) is 79.7 Å². The number of ether oxygens (including phenoxy) is 1. The number of carboxylic acids is 1.